The lowest BCUT2D eigenvalue weighted by molar-refractivity contribution is -0.165. The maximum atomic E-state index is 15.2. The van der Waals surface area contributed by atoms with Crippen LogP contribution in [0.4, 0.5) is 4.39 Å². The molecule has 22 heteroatoms. The third kappa shape index (κ3) is 16.7. The quantitative estimate of drug-likeness (QED) is 0.210. The number of aryl methyl sites for hydroxylation is 1. The van der Waals surface area contributed by atoms with E-state index in [0.717, 1.165) is 11.0 Å². The van der Waals surface area contributed by atoms with Gasteiger partial charge in [0.2, 0.25) is 29.4 Å². The van der Waals surface area contributed by atoms with Crippen LogP contribution in [0.3, 0.4) is 0 Å². The van der Waals surface area contributed by atoms with Gasteiger partial charge in [0.15, 0.2) is 23.9 Å². The first-order chi connectivity index (χ1) is 39.8. The number of amides is 6. The van der Waals surface area contributed by atoms with Crippen molar-refractivity contribution in [2.24, 2.45) is 5.41 Å². The summed E-state index contributed by atoms with van der Waals surface area (Å²) in [4.78, 5) is 134. The number of esters is 2. The van der Waals surface area contributed by atoms with Gasteiger partial charge in [-0.3, -0.25) is 33.6 Å². The largest absolute Gasteiger partial charge is 0.493 e. The molecule has 2 fully saturated rings. The summed E-state index contributed by atoms with van der Waals surface area (Å²) < 4.78 is 49.7. The Morgan fingerprint density at radius 2 is 1.44 bits per heavy atom. The van der Waals surface area contributed by atoms with E-state index >= 15 is 4.39 Å². The first-order valence-corrected chi connectivity index (χ1v) is 28.4. The zero-order chi connectivity index (χ0) is 61.6. The van der Waals surface area contributed by atoms with Crippen LogP contribution in [-0.2, 0) is 63.8 Å². The Morgan fingerprint density at radius 3 is 2.13 bits per heavy atom. The second kappa shape index (κ2) is 29.1. The van der Waals surface area contributed by atoms with Gasteiger partial charge in [-0.25, -0.2) is 14.0 Å². The number of ketones is 1. The zero-order valence-electron chi connectivity index (χ0n) is 50.1. The minimum atomic E-state index is -1.53. The van der Waals surface area contributed by atoms with Crippen LogP contribution in [0, 0.1) is 11.2 Å². The summed E-state index contributed by atoms with van der Waals surface area (Å²) in [5, 5.41) is 2.82. The summed E-state index contributed by atoms with van der Waals surface area (Å²) in [6.45, 7) is 8.92. The van der Waals surface area contributed by atoms with Crippen molar-refractivity contribution in [3.05, 3.63) is 101 Å². The van der Waals surface area contributed by atoms with E-state index in [0.29, 0.717) is 42.4 Å². The number of halogens is 1. The van der Waals surface area contributed by atoms with Gasteiger partial charge in [-0.05, 0) is 134 Å². The molecule has 0 radical (unpaired) electrons. The van der Waals surface area contributed by atoms with Gasteiger partial charge in [-0.2, -0.15) is 0 Å². The topological polar surface area (TPSA) is 237 Å². The molecule has 6 atom stereocenters. The number of ether oxygens (including phenoxy) is 6. The van der Waals surface area contributed by atoms with Gasteiger partial charge in [-0.15, -0.1) is 0 Å². The predicted octanol–water partition coefficient (Wildman–Crippen LogP) is 5.71. The minimum Gasteiger partial charge on any atom is -0.493 e. The Balaban J connectivity index is 1.33. The molecule has 3 aromatic rings. The number of likely N-dealkylation sites (N-methyl/N-ethyl adjacent to an activating group) is 3. The highest BCUT2D eigenvalue weighted by atomic mass is 19.1. The van der Waals surface area contributed by atoms with E-state index in [1.807, 2.05) is 0 Å². The van der Waals surface area contributed by atoms with Crippen LogP contribution in [-0.4, -0.2) is 182 Å². The lowest BCUT2D eigenvalue weighted by Crippen LogP contribution is -2.58. The fraction of sp³-hybridized carbons (Fsp3) is 0.532. The maximum Gasteiger partial charge on any atom is 0.330 e. The molecule has 6 amide bonds. The normalized spacial score (nSPS) is 23.7. The van der Waals surface area contributed by atoms with Crippen molar-refractivity contribution < 1.29 is 76.0 Å². The molecular formula is C62H81FN6O15. The lowest BCUT2D eigenvalue weighted by atomic mass is 9.87. The number of fused-ring (bicyclic) bond motifs is 4. The summed E-state index contributed by atoms with van der Waals surface area (Å²) in [5.41, 5.74) is -1.00. The van der Waals surface area contributed by atoms with Crippen LogP contribution >= 0.6 is 0 Å². The highest BCUT2D eigenvalue weighted by Crippen LogP contribution is 2.35. The average Bonchev–Trinajstić information content (AvgIpc) is 4.17. The Kier molecular flexibility index (Phi) is 22.6. The Labute approximate surface area is 491 Å². The van der Waals surface area contributed by atoms with Gasteiger partial charge in [0, 0.05) is 46.9 Å². The summed E-state index contributed by atoms with van der Waals surface area (Å²) in [6, 6.07) is 11.9. The maximum absolute atomic E-state index is 15.2. The van der Waals surface area contributed by atoms with Crippen LogP contribution in [0.15, 0.2) is 78.9 Å². The number of benzene rings is 3. The number of cyclic esters (lactones) is 2. The lowest BCUT2D eigenvalue weighted by Gasteiger charge is -2.37. The van der Waals surface area contributed by atoms with Crippen LogP contribution in [0.25, 0.3) is 0 Å². The molecule has 6 rings (SSSR count). The van der Waals surface area contributed by atoms with Crippen molar-refractivity contribution in [2.75, 3.05) is 74.8 Å². The van der Waals surface area contributed by atoms with E-state index in [4.69, 9.17) is 28.4 Å². The molecule has 456 valence electrons. The fourth-order valence-corrected chi connectivity index (χ4v) is 10.1. The van der Waals surface area contributed by atoms with Gasteiger partial charge in [0.1, 0.15) is 48.7 Å². The number of piperidine rings is 1. The van der Waals surface area contributed by atoms with Crippen LogP contribution < -0.4 is 19.5 Å². The molecule has 0 saturated carbocycles. The molecule has 21 nitrogen and oxygen atoms in total. The van der Waals surface area contributed by atoms with Crippen molar-refractivity contribution >= 4 is 53.2 Å². The second-order valence-electron chi connectivity index (χ2n) is 23.0. The molecule has 2 saturated heterocycles. The molecule has 3 heterocycles. The standard InChI is InChI=1S/C62H81FN6O15/c1-39-55(73)64-52(41-21-13-12-14-22-41)58(76)67(9)47(36-83-61(2,3)4)57(75)68-32-20-26-45(68)56(74)65(7)30-17-16-27-51(71)82-38-62(5,6)54(72)59(77)69-31-18-15-25-46(69)60(78)84-48(29-28-40-33-44(63)53(80-11)49(34-40)79-10)42-23-19-24-43(35-42)81-37-50(70)66(39)8/h12-14,16,19,21-24,27,33-35,39,45-48,52H,15,17-18,20,25-26,28-32,36-38H2,1-11H3,(H,64,73)/t39-,45-,46-,47-,48+,52?/m0/s1. The van der Waals surface area contributed by atoms with Gasteiger partial charge < -0.3 is 58.2 Å². The van der Waals surface area contributed by atoms with E-state index < -0.39 is 114 Å². The van der Waals surface area contributed by atoms with Crippen molar-refractivity contribution in [3.63, 3.8) is 0 Å². The summed E-state index contributed by atoms with van der Waals surface area (Å²) in [7, 11) is 7.10. The first kappa shape index (κ1) is 65.3. The number of hydrogen-bond acceptors (Lipinski definition) is 15. The molecule has 3 aliphatic rings. The minimum absolute atomic E-state index is 0.0621. The van der Waals surface area contributed by atoms with Crippen LogP contribution in [0.2, 0.25) is 0 Å². The average molecular weight is 1170 g/mol. The van der Waals surface area contributed by atoms with Gasteiger partial charge in [0.05, 0.1) is 31.8 Å². The number of carbonyl (C=O) groups excluding carboxylic acids is 9. The fourth-order valence-electron chi connectivity index (χ4n) is 10.1. The number of rotatable bonds is 8. The molecule has 2 bridgehead atoms. The Bertz CT molecular complexity index is 2910. The third-order valence-corrected chi connectivity index (χ3v) is 15.3. The van der Waals surface area contributed by atoms with Crippen LogP contribution in [0.1, 0.15) is 115 Å². The monoisotopic (exact) mass is 1170 g/mol. The van der Waals surface area contributed by atoms with Crippen molar-refractivity contribution in [1.82, 2.24) is 29.8 Å². The molecule has 1 N–H and O–H groups in total. The highest BCUT2D eigenvalue weighted by molar-refractivity contribution is 6.38. The summed E-state index contributed by atoms with van der Waals surface area (Å²) in [5.74, 6) is -6.83. The van der Waals surface area contributed by atoms with Gasteiger partial charge in [-0.1, -0.05) is 48.5 Å². The number of Topliss-reactive ketones (excluding diaryl/α,β-unsaturated/α-hetero) is 1. The number of methoxy groups -OCH3 is 2. The first-order valence-electron chi connectivity index (χ1n) is 28.4. The number of carbonyl (C=O) groups is 9. The second-order valence-corrected chi connectivity index (χ2v) is 23.0. The Hall–Kier alpha value is -7.88. The van der Waals surface area contributed by atoms with E-state index in [1.54, 1.807) is 88.5 Å². The van der Waals surface area contributed by atoms with Crippen LogP contribution in [0.5, 0.6) is 17.2 Å². The third-order valence-electron chi connectivity index (χ3n) is 15.3. The number of nitrogens with one attached hydrogen (secondary N) is 1. The van der Waals surface area contributed by atoms with Crippen molar-refractivity contribution in [2.45, 2.75) is 135 Å². The van der Waals surface area contributed by atoms with Crippen molar-refractivity contribution in [1.29, 1.82) is 0 Å². The van der Waals surface area contributed by atoms with Gasteiger partial charge in [0.25, 0.3) is 11.8 Å². The van der Waals surface area contributed by atoms with E-state index in [-0.39, 0.29) is 75.1 Å². The molecule has 0 aromatic heterocycles. The molecule has 0 spiro atoms. The van der Waals surface area contributed by atoms with E-state index in [9.17, 15) is 43.2 Å². The molecular weight excluding hydrogens is 1090 g/mol. The molecule has 1 unspecified atom stereocenters. The summed E-state index contributed by atoms with van der Waals surface area (Å²) in [6.07, 6.45) is 4.06. The SMILES string of the molecule is COc1cc(CC[C@H]2OC(=O)[C@@H]3CCCCN3C(=O)C(=O)C(C)(C)COC(=O)C=CCCN(C)C(=O)[C@@H]3CCCN3C(=O)[C@H](COC(C)(C)C)N(C)C(=O)C(c3ccccc3)NC(=O)[C@H](C)N(C)C(=O)COc3cccc2c3)cc(F)c1OC. The predicted molar refractivity (Wildman–Crippen MR) is 306 cm³/mol. The molecule has 84 heavy (non-hydrogen) atoms. The number of hydrogen-bond donors (Lipinski definition) is 1. The van der Waals surface area contributed by atoms with E-state index in [1.165, 1.54) is 80.8 Å². The molecule has 3 aliphatic heterocycles. The smallest absolute Gasteiger partial charge is 0.330 e. The summed E-state index contributed by atoms with van der Waals surface area (Å²) >= 11 is 0. The van der Waals surface area contributed by atoms with Gasteiger partial charge >= 0.3 is 11.9 Å². The van der Waals surface area contributed by atoms with Crippen molar-refractivity contribution in [3.8, 4) is 17.2 Å². The molecule has 0 aliphatic carbocycles. The zero-order valence-corrected chi connectivity index (χ0v) is 50.1. The van der Waals surface area contributed by atoms with E-state index in [2.05, 4.69) is 5.32 Å². The molecule has 3 aromatic carbocycles. The highest BCUT2D eigenvalue weighted by Gasteiger charge is 2.45. The number of nitrogens with zero attached hydrogens (tertiary/aromatic N) is 5. The Morgan fingerprint density at radius 1 is 0.750 bits per heavy atom.